The molecule has 1 aromatic carbocycles. The summed E-state index contributed by atoms with van der Waals surface area (Å²) in [5, 5.41) is 7.11. The Labute approximate surface area is 100 Å². The van der Waals surface area contributed by atoms with Crippen LogP contribution in [0.25, 0.3) is 11.3 Å². The Kier molecular flexibility index (Phi) is 3.23. The van der Waals surface area contributed by atoms with Gasteiger partial charge in [0.05, 0.1) is 5.69 Å². The standard InChI is InChI=1S/C13H15N3O/c1-3-14-13(17)12-9-11(15-16(12)2)10-7-5-4-6-8-10/h4-9H,3H2,1-2H3,(H,14,17). The zero-order chi connectivity index (χ0) is 12.3. The summed E-state index contributed by atoms with van der Waals surface area (Å²) in [6, 6.07) is 11.6. The van der Waals surface area contributed by atoms with Crippen molar-refractivity contribution in [3.8, 4) is 11.3 Å². The minimum atomic E-state index is -0.0929. The van der Waals surface area contributed by atoms with Gasteiger partial charge in [-0.15, -0.1) is 0 Å². The maximum Gasteiger partial charge on any atom is 0.269 e. The quantitative estimate of drug-likeness (QED) is 0.873. The molecule has 0 aliphatic carbocycles. The Morgan fingerprint density at radius 2 is 2.06 bits per heavy atom. The first-order chi connectivity index (χ1) is 8.22. The van der Waals surface area contributed by atoms with Crippen molar-refractivity contribution in [2.45, 2.75) is 6.92 Å². The van der Waals surface area contributed by atoms with Crippen molar-refractivity contribution < 1.29 is 4.79 Å². The number of carbonyl (C=O) groups excluding carboxylic acids is 1. The second-order valence-electron chi connectivity index (χ2n) is 3.76. The van der Waals surface area contributed by atoms with E-state index in [4.69, 9.17) is 0 Å². The molecule has 0 saturated carbocycles. The lowest BCUT2D eigenvalue weighted by Gasteiger charge is -2.00. The molecule has 4 nitrogen and oxygen atoms in total. The average molecular weight is 229 g/mol. The van der Waals surface area contributed by atoms with Crippen LogP contribution in [0.15, 0.2) is 36.4 Å². The van der Waals surface area contributed by atoms with Crippen LogP contribution in [-0.2, 0) is 7.05 Å². The monoisotopic (exact) mass is 229 g/mol. The topological polar surface area (TPSA) is 46.9 Å². The van der Waals surface area contributed by atoms with Crippen molar-refractivity contribution in [2.75, 3.05) is 6.54 Å². The lowest BCUT2D eigenvalue weighted by molar-refractivity contribution is 0.0946. The molecule has 17 heavy (non-hydrogen) atoms. The van der Waals surface area contributed by atoms with Crippen LogP contribution >= 0.6 is 0 Å². The van der Waals surface area contributed by atoms with Crippen LogP contribution in [0.4, 0.5) is 0 Å². The summed E-state index contributed by atoms with van der Waals surface area (Å²) < 4.78 is 1.60. The summed E-state index contributed by atoms with van der Waals surface area (Å²) in [7, 11) is 1.77. The van der Waals surface area contributed by atoms with Crippen molar-refractivity contribution in [1.82, 2.24) is 15.1 Å². The molecule has 4 heteroatoms. The highest BCUT2D eigenvalue weighted by Gasteiger charge is 2.12. The summed E-state index contributed by atoms with van der Waals surface area (Å²) in [4.78, 5) is 11.7. The molecule has 0 aliphatic rings. The third kappa shape index (κ3) is 2.36. The molecule has 0 atom stereocenters. The van der Waals surface area contributed by atoms with E-state index in [0.29, 0.717) is 12.2 Å². The summed E-state index contributed by atoms with van der Waals surface area (Å²) in [6.07, 6.45) is 0. The van der Waals surface area contributed by atoms with Gasteiger partial charge < -0.3 is 5.32 Å². The molecule has 1 aromatic heterocycles. The molecule has 88 valence electrons. The fourth-order valence-electron chi connectivity index (χ4n) is 1.68. The first kappa shape index (κ1) is 11.4. The number of carbonyl (C=O) groups is 1. The fourth-order valence-corrected chi connectivity index (χ4v) is 1.68. The van der Waals surface area contributed by atoms with Crippen LogP contribution in [0.1, 0.15) is 17.4 Å². The summed E-state index contributed by atoms with van der Waals surface area (Å²) >= 11 is 0. The normalized spacial score (nSPS) is 10.2. The predicted octanol–water partition coefficient (Wildman–Crippen LogP) is 1.84. The Hall–Kier alpha value is -2.10. The fraction of sp³-hybridized carbons (Fsp3) is 0.231. The number of benzene rings is 1. The largest absolute Gasteiger partial charge is 0.351 e. The predicted molar refractivity (Wildman–Crippen MR) is 66.7 cm³/mol. The lowest BCUT2D eigenvalue weighted by atomic mass is 10.1. The highest BCUT2D eigenvalue weighted by atomic mass is 16.2. The molecular formula is C13H15N3O. The van der Waals surface area contributed by atoms with Crippen LogP contribution < -0.4 is 5.32 Å². The number of aryl methyl sites for hydroxylation is 1. The van der Waals surface area contributed by atoms with Gasteiger partial charge in [0.25, 0.3) is 5.91 Å². The molecule has 2 aromatic rings. The third-order valence-corrected chi connectivity index (χ3v) is 2.52. The number of hydrogen-bond donors (Lipinski definition) is 1. The number of nitrogens with one attached hydrogen (secondary N) is 1. The Morgan fingerprint density at radius 1 is 1.35 bits per heavy atom. The van der Waals surface area contributed by atoms with Crippen molar-refractivity contribution in [1.29, 1.82) is 0 Å². The third-order valence-electron chi connectivity index (χ3n) is 2.52. The lowest BCUT2D eigenvalue weighted by Crippen LogP contribution is -2.24. The molecule has 1 heterocycles. The number of nitrogens with zero attached hydrogens (tertiary/aromatic N) is 2. The van der Waals surface area contributed by atoms with Gasteiger partial charge in [0, 0.05) is 19.2 Å². The second-order valence-corrected chi connectivity index (χ2v) is 3.76. The maximum atomic E-state index is 11.7. The van der Waals surface area contributed by atoms with Gasteiger partial charge in [0.2, 0.25) is 0 Å². The Morgan fingerprint density at radius 3 is 2.71 bits per heavy atom. The zero-order valence-corrected chi connectivity index (χ0v) is 9.97. The van der Waals surface area contributed by atoms with E-state index in [9.17, 15) is 4.79 Å². The van der Waals surface area contributed by atoms with Gasteiger partial charge in [-0.25, -0.2) is 0 Å². The van der Waals surface area contributed by atoms with E-state index in [-0.39, 0.29) is 5.91 Å². The first-order valence-electron chi connectivity index (χ1n) is 5.60. The minimum absolute atomic E-state index is 0.0929. The van der Waals surface area contributed by atoms with Crippen molar-refractivity contribution in [2.24, 2.45) is 7.05 Å². The molecule has 0 unspecified atom stereocenters. The summed E-state index contributed by atoms with van der Waals surface area (Å²) in [6.45, 7) is 2.51. The molecule has 1 N–H and O–H groups in total. The van der Waals surface area contributed by atoms with Crippen LogP contribution in [0, 0.1) is 0 Å². The van der Waals surface area contributed by atoms with Crippen molar-refractivity contribution >= 4 is 5.91 Å². The van der Waals surface area contributed by atoms with Crippen LogP contribution in [0.2, 0.25) is 0 Å². The molecule has 2 rings (SSSR count). The van der Waals surface area contributed by atoms with E-state index < -0.39 is 0 Å². The van der Waals surface area contributed by atoms with Gasteiger partial charge in [0.1, 0.15) is 5.69 Å². The number of hydrogen-bond acceptors (Lipinski definition) is 2. The van der Waals surface area contributed by atoms with Crippen LogP contribution in [0.3, 0.4) is 0 Å². The van der Waals surface area contributed by atoms with E-state index in [1.807, 2.05) is 37.3 Å². The van der Waals surface area contributed by atoms with Crippen molar-refractivity contribution in [3.63, 3.8) is 0 Å². The van der Waals surface area contributed by atoms with Crippen molar-refractivity contribution in [3.05, 3.63) is 42.1 Å². The van der Waals surface area contributed by atoms with E-state index in [1.54, 1.807) is 17.8 Å². The van der Waals surface area contributed by atoms with Gasteiger partial charge in [-0.1, -0.05) is 30.3 Å². The SMILES string of the molecule is CCNC(=O)c1cc(-c2ccccc2)nn1C. The zero-order valence-electron chi connectivity index (χ0n) is 9.97. The molecule has 0 fully saturated rings. The molecule has 0 bridgehead atoms. The smallest absolute Gasteiger partial charge is 0.269 e. The van der Waals surface area contributed by atoms with Crippen LogP contribution in [-0.4, -0.2) is 22.2 Å². The summed E-state index contributed by atoms with van der Waals surface area (Å²) in [5.74, 6) is -0.0929. The van der Waals surface area contributed by atoms with E-state index >= 15 is 0 Å². The number of rotatable bonds is 3. The molecule has 0 aliphatic heterocycles. The first-order valence-corrected chi connectivity index (χ1v) is 5.60. The molecular weight excluding hydrogens is 214 g/mol. The maximum absolute atomic E-state index is 11.7. The average Bonchev–Trinajstić information content (AvgIpc) is 2.73. The molecule has 0 radical (unpaired) electrons. The van der Waals surface area contributed by atoms with E-state index in [2.05, 4.69) is 10.4 Å². The Balaban J connectivity index is 2.34. The Bertz CT molecular complexity index is 517. The number of amides is 1. The highest BCUT2D eigenvalue weighted by molar-refractivity contribution is 5.93. The van der Waals surface area contributed by atoms with E-state index in [0.717, 1.165) is 11.3 Å². The number of aromatic nitrogens is 2. The van der Waals surface area contributed by atoms with E-state index in [1.165, 1.54) is 0 Å². The molecule has 0 spiro atoms. The van der Waals surface area contributed by atoms with Gasteiger partial charge in [-0.3, -0.25) is 9.48 Å². The van der Waals surface area contributed by atoms with Gasteiger partial charge in [-0.2, -0.15) is 5.10 Å². The summed E-state index contributed by atoms with van der Waals surface area (Å²) in [5.41, 5.74) is 2.40. The van der Waals surface area contributed by atoms with Crippen LogP contribution in [0.5, 0.6) is 0 Å². The van der Waals surface area contributed by atoms with Gasteiger partial charge in [0.15, 0.2) is 0 Å². The molecule has 1 amide bonds. The van der Waals surface area contributed by atoms with Gasteiger partial charge in [-0.05, 0) is 13.0 Å². The van der Waals surface area contributed by atoms with Gasteiger partial charge >= 0.3 is 0 Å². The minimum Gasteiger partial charge on any atom is -0.351 e. The highest BCUT2D eigenvalue weighted by Crippen LogP contribution is 2.18. The molecule has 0 saturated heterocycles. The second kappa shape index (κ2) is 4.82.